The van der Waals surface area contributed by atoms with Crippen LogP contribution in [0.3, 0.4) is 0 Å². The standard InChI is InChI=1S/C13H17N3O4/c1-9-8-20-6-5-16(9)11(18)7-15-13(19)12-10(17)3-2-4-14-12/h2-4,9,17H,5-8H2,1H3,(H,15,19)/t9-/m0/s1. The molecule has 1 aliphatic rings. The van der Waals surface area contributed by atoms with Gasteiger partial charge in [0.15, 0.2) is 5.69 Å². The van der Waals surface area contributed by atoms with Crippen LogP contribution < -0.4 is 5.32 Å². The molecule has 0 unspecified atom stereocenters. The highest BCUT2D eigenvalue weighted by Crippen LogP contribution is 2.12. The zero-order valence-electron chi connectivity index (χ0n) is 11.2. The van der Waals surface area contributed by atoms with E-state index in [2.05, 4.69) is 10.3 Å². The number of carbonyl (C=O) groups is 2. The van der Waals surface area contributed by atoms with Gasteiger partial charge in [-0.1, -0.05) is 0 Å². The van der Waals surface area contributed by atoms with Crippen LogP contribution in [0.2, 0.25) is 0 Å². The summed E-state index contributed by atoms with van der Waals surface area (Å²) in [6.07, 6.45) is 1.40. The van der Waals surface area contributed by atoms with Gasteiger partial charge in [0, 0.05) is 12.7 Å². The number of nitrogens with zero attached hydrogens (tertiary/aromatic N) is 2. The molecule has 1 aromatic heterocycles. The molecule has 2 N–H and O–H groups in total. The second kappa shape index (κ2) is 6.33. The number of rotatable bonds is 3. The normalized spacial score (nSPS) is 18.6. The maximum absolute atomic E-state index is 12.0. The number of morpholine rings is 1. The van der Waals surface area contributed by atoms with E-state index in [-0.39, 0.29) is 29.9 Å². The molecule has 7 heteroatoms. The third-order valence-electron chi connectivity index (χ3n) is 3.09. The van der Waals surface area contributed by atoms with Crippen molar-refractivity contribution < 1.29 is 19.4 Å². The Hall–Kier alpha value is -2.15. The van der Waals surface area contributed by atoms with Crippen LogP contribution in [-0.4, -0.2) is 59.1 Å². The number of nitrogens with one attached hydrogen (secondary N) is 1. The third-order valence-corrected chi connectivity index (χ3v) is 3.09. The van der Waals surface area contributed by atoms with Crippen molar-refractivity contribution in [2.24, 2.45) is 0 Å². The minimum atomic E-state index is -0.572. The lowest BCUT2D eigenvalue weighted by Gasteiger charge is -2.33. The molecule has 1 fully saturated rings. The quantitative estimate of drug-likeness (QED) is 0.797. The highest BCUT2D eigenvalue weighted by Gasteiger charge is 2.24. The molecule has 0 aromatic carbocycles. The molecule has 2 rings (SSSR count). The number of hydrogen-bond acceptors (Lipinski definition) is 5. The van der Waals surface area contributed by atoms with Crippen LogP contribution in [0.1, 0.15) is 17.4 Å². The summed E-state index contributed by atoms with van der Waals surface area (Å²) in [4.78, 5) is 29.3. The first-order valence-corrected chi connectivity index (χ1v) is 6.39. The molecule has 0 bridgehead atoms. The maximum Gasteiger partial charge on any atom is 0.274 e. The maximum atomic E-state index is 12.0. The molecule has 0 spiro atoms. The lowest BCUT2D eigenvalue weighted by Crippen LogP contribution is -2.50. The molecule has 2 amide bonds. The Morgan fingerprint density at radius 2 is 2.40 bits per heavy atom. The van der Waals surface area contributed by atoms with Crippen molar-refractivity contribution in [2.45, 2.75) is 13.0 Å². The van der Waals surface area contributed by atoms with Gasteiger partial charge < -0.3 is 20.1 Å². The summed E-state index contributed by atoms with van der Waals surface area (Å²) in [5, 5.41) is 12.0. The first-order valence-electron chi connectivity index (χ1n) is 6.39. The van der Waals surface area contributed by atoms with E-state index in [0.29, 0.717) is 19.8 Å². The largest absolute Gasteiger partial charge is 0.505 e. The molecule has 1 atom stereocenters. The number of aromatic hydroxyl groups is 1. The van der Waals surface area contributed by atoms with Crippen LogP contribution in [0.15, 0.2) is 18.3 Å². The highest BCUT2D eigenvalue weighted by atomic mass is 16.5. The average Bonchev–Trinajstić information content (AvgIpc) is 2.45. The van der Waals surface area contributed by atoms with Gasteiger partial charge in [-0.2, -0.15) is 0 Å². The lowest BCUT2D eigenvalue weighted by molar-refractivity contribution is -0.137. The first-order chi connectivity index (χ1) is 9.59. The summed E-state index contributed by atoms with van der Waals surface area (Å²) in [5.74, 6) is -0.959. The number of carbonyl (C=O) groups excluding carboxylic acids is 2. The Morgan fingerprint density at radius 1 is 1.60 bits per heavy atom. The zero-order valence-corrected chi connectivity index (χ0v) is 11.2. The predicted molar refractivity (Wildman–Crippen MR) is 70.2 cm³/mol. The molecular weight excluding hydrogens is 262 g/mol. The van der Waals surface area contributed by atoms with E-state index >= 15 is 0 Å². The Bertz CT molecular complexity index is 506. The van der Waals surface area contributed by atoms with E-state index < -0.39 is 5.91 Å². The summed E-state index contributed by atoms with van der Waals surface area (Å²) in [6.45, 7) is 3.29. The Balaban J connectivity index is 1.90. The summed E-state index contributed by atoms with van der Waals surface area (Å²) in [7, 11) is 0. The van der Waals surface area contributed by atoms with E-state index in [1.807, 2.05) is 6.92 Å². The van der Waals surface area contributed by atoms with Gasteiger partial charge in [0.05, 0.1) is 25.8 Å². The fourth-order valence-electron chi connectivity index (χ4n) is 2.01. The van der Waals surface area contributed by atoms with Crippen LogP contribution in [0.5, 0.6) is 5.75 Å². The zero-order chi connectivity index (χ0) is 14.5. The van der Waals surface area contributed by atoms with Crippen molar-refractivity contribution in [3.05, 3.63) is 24.0 Å². The molecule has 0 radical (unpaired) electrons. The van der Waals surface area contributed by atoms with Crippen LogP contribution in [-0.2, 0) is 9.53 Å². The molecule has 1 aliphatic heterocycles. The number of pyridine rings is 1. The monoisotopic (exact) mass is 279 g/mol. The Labute approximate surface area is 116 Å². The van der Waals surface area contributed by atoms with Gasteiger partial charge in [0.1, 0.15) is 5.75 Å². The van der Waals surface area contributed by atoms with Crippen molar-refractivity contribution in [1.29, 1.82) is 0 Å². The molecule has 108 valence electrons. The minimum absolute atomic E-state index is 0.00333. The van der Waals surface area contributed by atoms with Crippen molar-refractivity contribution >= 4 is 11.8 Å². The van der Waals surface area contributed by atoms with E-state index in [9.17, 15) is 14.7 Å². The van der Waals surface area contributed by atoms with E-state index in [1.54, 1.807) is 4.90 Å². The van der Waals surface area contributed by atoms with Crippen LogP contribution in [0, 0.1) is 0 Å². The lowest BCUT2D eigenvalue weighted by atomic mass is 10.2. The van der Waals surface area contributed by atoms with Gasteiger partial charge in [-0.15, -0.1) is 0 Å². The molecule has 1 aromatic rings. The molecule has 2 heterocycles. The van der Waals surface area contributed by atoms with E-state index in [1.165, 1.54) is 18.3 Å². The molecule has 20 heavy (non-hydrogen) atoms. The van der Waals surface area contributed by atoms with Gasteiger partial charge in [0.2, 0.25) is 5.91 Å². The van der Waals surface area contributed by atoms with Gasteiger partial charge in [-0.05, 0) is 19.1 Å². The van der Waals surface area contributed by atoms with Gasteiger partial charge in [-0.3, -0.25) is 9.59 Å². The number of hydrogen-bond donors (Lipinski definition) is 2. The van der Waals surface area contributed by atoms with Crippen molar-refractivity contribution in [3.63, 3.8) is 0 Å². The van der Waals surface area contributed by atoms with E-state index in [4.69, 9.17) is 4.74 Å². The van der Waals surface area contributed by atoms with Crippen LogP contribution in [0.4, 0.5) is 0 Å². The van der Waals surface area contributed by atoms with E-state index in [0.717, 1.165) is 0 Å². The predicted octanol–water partition coefficient (Wildman–Crippen LogP) is -0.236. The van der Waals surface area contributed by atoms with Gasteiger partial charge in [-0.25, -0.2) is 4.98 Å². The Kier molecular flexibility index (Phi) is 4.52. The molecule has 1 saturated heterocycles. The fourth-order valence-corrected chi connectivity index (χ4v) is 2.01. The van der Waals surface area contributed by atoms with Crippen molar-refractivity contribution in [2.75, 3.05) is 26.3 Å². The summed E-state index contributed by atoms with van der Waals surface area (Å²) in [5.41, 5.74) is -0.0877. The smallest absolute Gasteiger partial charge is 0.274 e. The minimum Gasteiger partial charge on any atom is -0.505 e. The van der Waals surface area contributed by atoms with Crippen molar-refractivity contribution in [3.8, 4) is 5.75 Å². The highest BCUT2D eigenvalue weighted by molar-refractivity contribution is 5.96. The molecule has 0 aliphatic carbocycles. The van der Waals surface area contributed by atoms with Crippen molar-refractivity contribution in [1.82, 2.24) is 15.2 Å². The van der Waals surface area contributed by atoms with Crippen LogP contribution >= 0.6 is 0 Å². The summed E-state index contributed by atoms with van der Waals surface area (Å²) < 4.78 is 5.25. The SMILES string of the molecule is C[C@H]1COCCN1C(=O)CNC(=O)c1ncccc1O. The number of ether oxygens (including phenoxy) is 1. The second-order valence-electron chi connectivity index (χ2n) is 4.56. The fraction of sp³-hybridized carbons (Fsp3) is 0.462. The van der Waals surface area contributed by atoms with Gasteiger partial charge >= 0.3 is 0 Å². The average molecular weight is 279 g/mol. The molecular formula is C13H17N3O4. The summed E-state index contributed by atoms with van der Waals surface area (Å²) in [6, 6.07) is 2.89. The topological polar surface area (TPSA) is 91.8 Å². The molecule has 0 saturated carbocycles. The second-order valence-corrected chi connectivity index (χ2v) is 4.56. The molecule has 7 nitrogen and oxygen atoms in total. The Morgan fingerprint density at radius 3 is 3.10 bits per heavy atom. The summed E-state index contributed by atoms with van der Waals surface area (Å²) >= 11 is 0. The first kappa shape index (κ1) is 14.3. The third kappa shape index (κ3) is 3.24. The van der Waals surface area contributed by atoms with Gasteiger partial charge in [0.25, 0.3) is 5.91 Å². The number of aromatic nitrogens is 1. The van der Waals surface area contributed by atoms with Crippen LogP contribution in [0.25, 0.3) is 0 Å². The number of amides is 2.